The maximum Gasteiger partial charge on any atom is 0.248 e. The molecule has 3 fully saturated rings. The molecule has 1 saturated carbocycles. The lowest BCUT2D eigenvalue weighted by Crippen LogP contribution is -2.59. The van der Waals surface area contributed by atoms with Crippen LogP contribution < -0.4 is 5.32 Å². The van der Waals surface area contributed by atoms with E-state index in [2.05, 4.69) is 10.3 Å². The van der Waals surface area contributed by atoms with E-state index in [0.717, 1.165) is 37.0 Å². The molecule has 32 heavy (non-hydrogen) atoms. The first-order valence-electron chi connectivity index (χ1n) is 11.1. The Morgan fingerprint density at radius 3 is 2.59 bits per heavy atom. The van der Waals surface area contributed by atoms with E-state index in [1.807, 2.05) is 0 Å². The first-order valence-corrected chi connectivity index (χ1v) is 13.8. The first kappa shape index (κ1) is 23.9. The molecule has 1 aliphatic carbocycles. The van der Waals surface area contributed by atoms with Gasteiger partial charge in [-0.1, -0.05) is 35.8 Å². The second kappa shape index (κ2) is 10.3. The number of rotatable bonds is 7. The standard InChI is InChI=1S/C20H29ClN4O5S2/c21-17-12-22-20(31-17)23-19(27)16(11-14-5-9-30-10-6-14)25-8-7-24(13-18(25)26)32(28,29)15-3-1-2-4-15/h12,14-16H,1-11,13H2,(H,22,23,27)/t16-/m0/s1. The number of ether oxygens (including phenoxy) is 1. The molecular weight excluding hydrogens is 476 g/mol. The maximum atomic E-state index is 13.2. The van der Waals surface area contributed by atoms with E-state index < -0.39 is 21.3 Å². The summed E-state index contributed by atoms with van der Waals surface area (Å²) < 4.78 is 33.1. The van der Waals surface area contributed by atoms with Gasteiger partial charge in [-0.25, -0.2) is 13.4 Å². The van der Waals surface area contributed by atoms with Crippen LogP contribution in [0.5, 0.6) is 0 Å². The summed E-state index contributed by atoms with van der Waals surface area (Å²) in [6.07, 6.45) is 6.76. The van der Waals surface area contributed by atoms with Gasteiger partial charge in [-0.15, -0.1) is 0 Å². The van der Waals surface area contributed by atoms with Crippen LogP contribution in [0.4, 0.5) is 5.13 Å². The number of amides is 2. The number of piperazine rings is 1. The molecule has 0 radical (unpaired) electrons. The minimum absolute atomic E-state index is 0.199. The van der Waals surface area contributed by atoms with Crippen molar-refractivity contribution in [1.29, 1.82) is 0 Å². The topological polar surface area (TPSA) is 109 Å². The number of carbonyl (C=O) groups excluding carboxylic acids is 2. The highest BCUT2D eigenvalue weighted by Crippen LogP contribution is 2.30. The Hall–Kier alpha value is -1.27. The van der Waals surface area contributed by atoms with Crippen molar-refractivity contribution in [3.63, 3.8) is 0 Å². The van der Waals surface area contributed by atoms with E-state index >= 15 is 0 Å². The quantitative estimate of drug-likeness (QED) is 0.610. The molecule has 0 unspecified atom stereocenters. The van der Waals surface area contributed by atoms with E-state index in [-0.39, 0.29) is 37.4 Å². The number of nitrogens with one attached hydrogen (secondary N) is 1. The molecule has 1 atom stereocenters. The SMILES string of the molecule is O=C(Nc1ncc(Cl)s1)[C@H](CC1CCOCC1)N1CCN(S(=O)(=O)C2CCCC2)CC1=O. The number of hydrogen-bond acceptors (Lipinski definition) is 7. The van der Waals surface area contributed by atoms with Gasteiger partial charge < -0.3 is 15.0 Å². The molecule has 0 spiro atoms. The van der Waals surface area contributed by atoms with Gasteiger partial charge in [0.15, 0.2) is 5.13 Å². The molecule has 1 aromatic heterocycles. The van der Waals surface area contributed by atoms with Gasteiger partial charge in [-0.05, 0) is 38.0 Å². The predicted molar refractivity (Wildman–Crippen MR) is 122 cm³/mol. The summed E-state index contributed by atoms with van der Waals surface area (Å²) in [6, 6.07) is -0.690. The van der Waals surface area contributed by atoms with Crippen LogP contribution in [-0.2, 0) is 24.3 Å². The zero-order valence-electron chi connectivity index (χ0n) is 17.9. The lowest BCUT2D eigenvalue weighted by Gasteiger charge is -2.39. The summed E-state index contributed by atoms with van der Waals surface area (Å²) >= 11 is 7.08. The van der Waals surface area contributed by atoms with Crippen molar-refractivity contribution in [3.8, 4) is 0 Å². The Labute approximate surface area is 197 Å². The van der Waals surface area contributed by atoms with Gasteiger partial charge in [0.1, 0.15) is 10.4 Å². The molecule has 12 heteroatoms. The monoisotopic (exact) mass is 504 g/mol. The molecule has 2 aliphatic heterocycles. The number of thiazole rings is 1. The molecule has 1 N–H and O–H groups in total. The Kier molecular flexibility index (Phi) is 7.71. The minimum atomic E-state index is -3.49. The second-order valence-corrected chi connectivity index (χ2v) is 12.5. The van der Waals surface area contributed by atoms with Crippen LogP contribution in [-0.4, -0.2) is 78.6 Å². The number of anilines is 1. The summed E-state index contributed by atoms with van der Waals surface area (Å²) in [7, 11) is -3.49. The number of nitrogens with zero attached hydrogens (tertiary/aromatic N) is 3. The van der Waals surface area contributed by atoms with Gasteiger partial charge in [0.25, 0.3) is 0 Å². The maximum absolute atomic E-state index is 13.2. The van der Waals surface area contributed by atoms with Crippen LogP contribution in [0.2, 0.25) is 4.34 Å². The zero-order valence-corrected chi connectivity index (χ0v) is 20.3. The average molecular weight is 505 g/mol. The Morgan fingerprint density at radius 1 is 1.25 bits per heavy atom. The summed E-state index contributed by atoms with van der Waals surface area (Å²) in [5, 5.41) is 2.77. The Bertz CT molecular complexity index is 928. The summed E-state index contributed by atoms with van der Waals surface area (Å²) in [6.45, 7) is 1.49. The minimum Gasteiger partial charge on any atom is -0.381 e. The van der Waals surface area contributed by atoms with Crippen molar-refractivity contribution in [2.24, 2.45) is 5.92 Å². The van der Waals surface area contributed by atoms with Crippen molar-refractivity contribution in [2.75, 3.05) is 38.2 Å². The van der Waals surface area contributed by atoms with Crippen molar-refractivity contribution in [3.05, 3.63) is 10.5 Å². The molecule has 2 saturated heterocycles. The van der Waals surface area contributed by atoms with Crippen molar-refractivity contribution in [2.45, 2.75) is 56.2 Å². The third-order valence-electron chi connectivity index (χ3n) is 6.59. The van der Waals surface area contributed by atoms with Crippen LogP contribution in [0.3, 0.4) is 0 Å². The van der Waals surface area contributed by atoms with E-state index in [0.29, 0.717) is 41.9 Å². The van der Waals surface area contributed by atoms with E-state index in [1.54, 1.807) is 4.90 Å². The molecular formula is C20H29ClN4O5S2. The van der Waals surface area contributed by atoms with Gasteiger partial charge in [0.05, 0.1) is 18.0 Å². The summed E-state index contributed by atoms with van der Waals surface area (Å²) in [5.74, 6) is -0.391. The van der Waals surface area contributed by atoms with Gasteiger partial charge in [-0.3, -0.25) is 9.59 Å². The smallest absolute Gasteiger partial charge is 0.248 e. The van der Waals surface area contributed by atoms with Crippen molar-refractivity contribution in [1.82, 2.24) is 14.2 Å². The third-order valence-corrected chi connectivity index (χ3v) is 9.97. The van der Waals surface area contributed by atoms with Crippen LogP contribution in [0.1, 0.15) is 44.9 Å². The van der Waals surface area contributed by atoms with Crippen molar-refractivity contribution >= 4 is 49.9 Å². The van der Waals surface area contributed by atoms with Gasteiger partial charge in [-0.2, -0.15) is 4.31 Å². The fourth-order valence-corrected chi connectivity index (χ4v) is 7.58. The Balaban J connectivity index is 1.47. The number of sulfonamides is 1. The fourth-order valence-electron chi connectivity index (χ4n) is 4.78. The number of carbonyl (C=O) groups is 2. The summed E-state index contributed by atoms with van der Waals surface area (Å²) in [4.78, 5) is 31.9. The molecule has 0 aromatic carbocycles. The van der Waals surface area contributed by atoms with Gasteiger partial charge in [0, 0.05) is 26.3 Å². The molecule has 178 valence electrons. The average Bonchev–Trinajstić information content (AvgIpc) is 3.45. The highest BCUT2D eigenvalue weighted by atomic mass is 35.5. The van der Waals surface area contributed by atoms with E-state index in [1.165, 1.54) is 10.5 Å². The van der Waals surface area contributed by atoms with Crippen LogP contribution >= 0.6 is 22.9 Å². The third kappa shape index (κ3) is 5.44. The molecule has 1 aromatic rings. The molecule has 3 heterocycles. The molecule has 9 nitrogen and oxygen atoms in total. The largest absolute Gasteiger partial charge is 0.381 e. The number of aromatic nitrogens is 1. The number of hydrogen-bond donors (Lipinski definition) is 1. The normalized spacial score (nSPS) is 22.9. The molecule has 0 bridgehead atoms. The first-order chi connectivity index (χ1) is 15.3. The molecule has 4 rings (SSSR count). The van der Waals surface area contributed by atoms with E-state index in [4.69, 9.17) is 16.3 Å². The lowest BCUT2D eigenvalue weighted by atomic mass is 9.91. The molecule has 2 amide bonds. The summed E-state index contributed by atoms with van der Waals surface area (Å²) in [5.41, 5.74) is 0. The van der Waals surface area contributed by atoms with Gasteiger partial charge >= 0.3 is 0 Å². The second-order valence-electron chi connectivity index (χ2n) is 8.64. The van der Waals surface area contributed by atoms with Crippen LogP contribution in [0, 0.1) is 5.92 Å². The van der Waals surface area contributed by atoms with Crippen LogP contribution in [0.15, 0.2) is 6.20 Å². The Morgan fingerprint density at radius 2 is 1.97 bits per heavy atom. The zero-order chi connectivity index (χ0) is 22.7. The molecule has 3 aliphatic rings. The van der Waals surface area contributed by atoms with Gasteiger partial charge in [0.2, 0.25) is 21.8 Å². The van der Waals surface area contributed by atoms with Crippen LogP contribution in [0.25, 0.3) is 0 Å². The fraction of sp³-hybridized carbons (Fsp3) is 0.750. The van der Waals surface area contributed by atoms with Crippen molar-refractivity contribution < 1.29 is 22.7 Å². The van der Waals surface area contributed by atoms with E-state index in [9.17, 15) is 18.0 Å². The number of halogens is 1. The predicted octanol–water partition coefficient (Wildman–Crippen LogP) is 2.34. The highest BCUT2D eigenvalue weighted by Gasteiger charge is 2.41. The lowest BCUT2D eigenvalue weighted by molar-refractivity contribution is -0.142. The highest BCUT2D eigenvalue weighted by molar-refractivity contribution is 7.89.